The van der Waals surface area contributed by atoms with Gasteiger partial charge in [-0.1, -0.05) is 26.0 Å². The molecule has 1 aromatic carbocycles. The molecule has 0 fully saturated rings. The third kappa shape index (κ3) is 4.22. The van der Waals surface area contributed by atoms with Gasteiger partial charge in [-0.3, -0.25) is 9.59 Å². The summed E-state index contributed by atoms with van der Waals surface area (Å²) >= 11 is 0. The van der Waals surface area contributed by atoms with Gasteiger partial charge >= 0.3 is 0 Å². The molecule has 1 amide bonds. The van der Waals surface area contributed by atoms with E-state index in [4.69, 9.17) is 4.74 Å². The molecule has 0 saturated carbocycles. The van der Waals surface area contributed by atoms with Crippen molar-refractivity contribution in [3.05, 3.63) is 58.3 Å². The molecule has 0 aliphatic rings. The number of methoxy groups -OCH3 is 1. The molecule has 8 nitrogen and oxygen atoms in total. The number of aromatic amines is 1. The fourth-order valence-electron chi connectivity index (χ4n) is 2.79. The van der Waals surface area contributed by atoms with Crippen LogP contribution >= 0.6 is 0 Å². The van der Waals surface area contributed by atoms with Crippen molar-refractivity contribution in [3.8, 4) is 0 Å². The van der Waals surface area contributed by atoms with Crippen LogP contribution in [0.1, 0.15) is 36.2 Å². The lowest BCUT2D eigenvalue weighted by Gasteiger charge is -2.20. The monoisotopic (exact) mass is 369 g/mol. The summed E-state index contributed by atoms with van der Waals surface area (Å²) in [6.07, 6.45) is 0. The smallest absolute Gasteiger partial charge is 0.272 e. The van der Waals surface area contributed by atoms with Gasteiger partial charge in [-0.2, -0.15) is 5.10 Å². The maximum atomic E-state index is 12.7. The zero-order chi connectivity index (χ0) is 19.4. The Morgan fingerprint density at radius 1 is 1.26 bits per heavy atom. The van der Waals surface area contributed by atoms with E-state index in [1.165, 1.54) is 16.8 Å². The average Bonchev–Trinajstić information content (AvgIpc) is 3.08. The number of rotatable bonds is 7. The van der Waals surface area contributed by atoms with Crippen LogP contribution in [-0.4, -0.2) is 39.4 Å². The summed E-state index contributed by atoms with van der Waals surface area (Å²) in [6.45, 7) is 4.63. The standard InChI is InChI=1S/C19H23N5O3/c1-12(2)17(18-20-13-6-4-5-7-14(13)21-18)22-19(26)15-8-9-16(25)24(23-15)10-11-27-3/h4-9,12,17H,10-11H2,1-3H3,(H,20,21)(H,22,26). The Morgan fingerprint density at radius 2 is 2.04 bits per heavy atom. The van der Waals surface area contributed by atoms with Gasteiger partial charge in [0.1, 0.15) is 11.5 Å². The molecule has 142 valence electrons. The number of hydrogen-bond acceptors (Lipinski definition) is 5. The lowest BCUT2D eigenvalue weighted by Crippen LogP contribution is -2.35. The summed E-state index contributed by atoms with van der Waals surface area (Å²) in [4.78, 5) is 32.4. The Kier molecular flexibility index (Phi) is 5.66. The molecule has 2 N–H and O–H groups in total. The quantitative estimate of drug-likeness (QED) is 0.662. The first kappa shape index (κ1) is 18.8. The highest BCUT2D eigenvalue weighted by molar-refractivity contribution is 5.92. The minimum Gasteiger partial charge on any atom is -0.383 e. The van der Waals surface area contributed by atoms with E-state index in [2.05, 4.69) is 20.4 Å². The molecule has 0 aliphatic carbocycles. The molecule has 27 heavy (non-hydrogen) atoms. The summed E-state index contributed by atoms with van der Waals surface area (Å²) in [7, 11) is 1.54. The van der Waals surface area contributed by atoms with Crippen LogP contribution in [0.4, 0.5) is 0 Å². The minimum atomic E-state index is -0.361. The summed E-state index contributed by atoms with van der Waals surface area (Å²) in [6, 6.07) is 10.2. The minimum absolute atomic E-state index is 0.105. The van der Waals surface area contributed by atoms with E-state index in [1.54, 1.807) is 7.11 Å². The van der Waals surface area contributed by atoms with Crippen molar-refractivity contribution < 1.29 is 9.53 Å². The first-order chi connectivity index (χ1) is 13.0. The number of ether oxygens (including phenoxy) is 1. The second-order valence-corrected chi connectivity index (χ2v) is 6.61. The summed E-state index contributed by atoms with van der Waals surface area (Å²) in [5.41, 5.74) is 1.66. The first-order valence-corrected chi connectivity index (χ1v) is 8.82. The number of benzene rings is 1. The zero-order valence-corrected chi connectivity index (χ0v) is 15.6. The van der Waals surface area contributed by atoms with Crippen LogP contribution in [0.5, 0.6) is 0 Å². The number of nitrogens with one attached hydrogen (secondary N) is 2. The Balaban J connectivity index is 1.84. The SMILES string of the molecule is COCCn1nc(C(=O)NC(c2nc3ccccc3[nH]2)C(C)C)ccc1=O. The van der Waals surface area contributed by atoms with Gasteiger partial charge in [0, 0.05) is 13.2 Å². The zero-order valence-electron chi connectivity index (χ0n) is 15.6. The number of para-hydroxylation sites is 2. The van der Waals surface area contributed by atoms with E-state index < -0.39 is 0 Å². The third-order valence-electron chi connectivity index (χ3n) is 4.26. The predicted molar refractivity (Wildman–Crippen MR) is 102 cm³/mol. The topological polar surface area (TPSA) is 102 Å². The Bertz CT molecular complexity index is 959. The van der Waals surface area contributed by atoms with Gasteiger partial charge in [0.25, 0.3) is 11.5 Å². The van der Waals surface area contributed by atoms with Crippen LogP contribution < -0.4 is 10.9 Å². The van der Waals surface area contributed by atoms with Crippen molar-refractivity contribution in [3.63, 3.8) is 0 Å². The van der Waals surface area contributed by atoms with Crippen LogP contribution in [0.2, 0.25) is 0 Å². The van der Waals surface area contributed by atoms with Crippen LogP contribution in [0.15, 0.2) is 41.2 Å². The molecule has 2 heterocycles. The van der Waals surface area contributed by atoms with Gasteiger partial charge in [-0.15, -0.1) is 0 Å². The van der Waals surface area contributed by atoms with Crippen molar-refractivity contribution in [2.24, 2.45) is 5.92 Å². The Morgan fingerprint density at radius 3 is 2.74 bits per heavy atom. The number of carbonyl (C=O) groups excluding carboxylic acids is 1. The molecule has 0 bridgehead atoms. The van der Waals surface area contributed by atoms with E-state index in [9.17, 15) is 9.59 Å². The van der Waals surface area contributed by atoms with Crippen molar-refractivity contribution in [1.29, 1.82) is 0 Å². The van der Waals surface area contributed by atoms with E-state index in [0.29, 0.717) is 12.4 Å². The molecule has 0 saturated heterocycles. The van der Waals surface area contributed by atoms with Crippen LogP contribution in [0.25, 0.3) is 11.0 Å². The van der Waals surface area contributed by atoms with E-state index in [1.807, 2.05) is 38.1 Å². The van der Waals surface area contributed by atoms with Gasteiger partial charge in [0.05, 0.1) is 30.2 Å². The Hall–Kier alpha value is -3.00. The second kappa shape index (κ2) is 8.13. The van der Waals surface area contributed by atoms with Gasteiger partial charge in [0.15, 0.2) is 0 Å². The number of hydrogen-bond donors (Lipinski definition) is 2. The number of carbonyl (C=O) groups is 1. The molecule has 1 atom stereocenters. The summed E-state index contributed by atoms with van der Waals surface area (Å²) in [5.74, 6) is 0.432. The molecular formula is C19H23N5O3. The number of H-pyrrole nitrogens is 1. The molecule has 8 heteroatoms. The summed E-state index contributed by atoms with van der Waals surface area (Å²) < 4.78 is 6.20. The maximum Gasteiger partial charge on any atom is 0.272 e. The van der Waals surface area contributed by atoms with Crippen molar-refractivity contribution in [2.45, 2.75) is 26.4 Å². The van der Waals surface area contributed by atoms with Gasteiger partial charge in [-0.25, -0.2) is 9.67 Å². The molecule has 3 rings (SSSR count). The lowest BCUT2D eigenvalue weighted by molar-refractivity contribution is 0.0914. The first-order valence-electron chi connectivity index (χ1n) is 8.82. The number of amides is 1. The second-order valence-electron chi connectivity index (χ2n) is 6.61. The highest BCUT2D eigenvalue weighted by atomic mass is 16.5. The number of aromatic nitrogens is 4. The van der Waals surface area contributed by atoms with Crippen molar-refractivity contribution >= 4 is 16.9 Å². The highest BCUT2D eigenvalue weighted by Crippen LogP contribution is 2.22. The maximum absolute atomic E-state index is 12.7. The van der Waals surface area contributed by atoms with Crippen molar-refractivity contribution in [2.75, 3.05) is 13.7 Å². The van der Waals surface area contributed by atoms with Crippen LogP contribution in [0.3, 0.4) is 0 Å². The molecule has 1 unspecified atom stereocenters. The molecule has 0 spiro atoms. The highest BCUT2D eigenvalue weighted by Gasteiger charge is 2.23. The molecule has 3 aromatic rings. The molecule has 2 aromatic heterocycles. The normalized spacial score (nSPS) is 12.4. The fourth-order valence-corrected chi connectivity index (χ4v) is 2.79. The van der Waals surface area contributed by atoms with E-state index in [-0.39, 0.29) is 35.7 Å². The average molecular weight is 369 g/mol. The van der Waals surface area contributed by atoms with Gasteiger partial charge in [-0.05, 0) is 24.1 Å². The van der Waals surface area contributed by atoms with Gasteiger partial charge in [0.2, 0.25) is 0 Å². The molecule has 0 aliphatic heterocycles. The van der Waals surface area contributed by atoms with E-state index >= 15 is 0 Å². The molecule has 0 radical (unpaired) electrons. The predicted octanol–water partition coefficient (Wildman–Crippen LogP) is 1.89. The number of nitrogens with zero attached hydrogens (tertiary/aromatic N) is 3. The van der Waals surface area contributed by atoms with Crippen LogP contribution in [0, 0.1) is 5.92 Å². The van der Waals surface area contributed by atoms with Crippen molar-refractivity contribution in [1.82, 2.24) is 25.1 Å². The molecular weight excluding hydrogens is 346 g/mol. The Labute approximate surface area is 156 Å². The largest absolute Gasteiger partial charge is 0.383 e. The van der Waals surface area contributed by atoms with Gasteiger partial charge < -0.3 is 15.0 Å². The van der Waals surface area contributed by atoms with E-state index in [0.717, 1.165) is 11.0 Å². The third-order valence-corrected chi connectivity index (χ3v) is 4.26. The lowest BCUT2D eigenvalue weighted by atomic mass is 10.0. The fraction of sp³-hybridized carbons (Fsp3) is 0.368. The number of imidazole rings is 1. The summed E-state index contributed by atoms with van der Waals surface area (Å²) in [5, 5.41) is 7.11. The van der Waals surface area contributed by atoms with Crippen LogP contribution in [-0.2, 0) is 11.3 Å². The number of fused-ring (bicyclic) bond motifs is 1.